The second-order valence-corrected chi connectivity index (χ2v) is 6.57. The maximum absolute atomic E-state index is 5.87. The maximum atomic E-state index is 5.87. The van der Waals surface area contributed by atoms with Gasteiger partial charge in [-0.15, -0.1) is 0 Å². The van der Waals surface area contributed by atoms with Crippen LogP contribution in [0.15, 0.2) is 47.4 Å². The predicted molar refractivity (Wildman–Crippen MR) is 91.7 cm³/mol. The average Bonchev–Trinajstić information content (AvgIpc) is 3.20. The van der Waals surface area contributed by atoms with Gasteiger partial charge in [-0.25, -0.2) is 9.97 Å². The number of hydrogen-bond donors (Lipinski definition) is 1. The first kappa shape index (κ1) is 13.7. The summed E-state index contributed by atoms with van der Waals surface area (Å²) in [5, 5.41) is 8.27. The molecule has 1 aliphatic rings. The smallest absolute Gasteiger partial charge is 0.130 e. The van der Waals surface area contributed by atoms with Crippen LogP contribution < -0.4 is 5.32 Å². The Balaban J connectivity index is 1.70. The Hall–Kier alpha value is -1.91. The molecule has 1 atom stereocenters. The minimum atomic E-state index is 0.404. The van der Waals surface area contributed by atoms with Crippen LogP contribution in [0.3, 0.4) is 0 Å². The van der Waals surface area contributed by atoms with Crippen LogP contribution in [0.1, 0.15) is 17.0 Å². The van der Waals surface area contributed by atoms with E-state index in [1.807, 2.05) is 24.5 Å². The minimum absolute atomic E-state index is 0.404. The molecule has 110 valence electrons. The van der Waals surface area contributed by atoms with E-state index in [9.17, 15) is 0 Å². The first-order chi connectivity index (χ1) is 10.8. The van der Waals surface area contributed by atoms with Crippen molar-refractivity contribution in [2.75, 3.05) is 11.9 Å². The first-order valence-corrected chi connectivity index (χ1v) is 8.49. The molecule has 0 fully saturated rings. The minimum Gasteiger partial charge on any atom is -0.369 e. The van der Waals surface area contributed by atoms with Crippen molar-refractivity contribution < 1.29 is 0 Å². The summed E-state index contributed by atoms with van der Waals surface area (Å²) in [6.45, 7) is 0.909. The van der Waals surface area contributed by atoms with Crippen molar-refractivity contribution in [2.24, 2.45) is 0 Å². The monoisotopic (exact) mass is 327 g/mol. The molecular weight excluding hydrogens is 314 g/mol. The SMILES string of the molecule is Clc1ccc(CC2CNc3nccc(-c4ccsc4)c32)cn1. The Bertz CT molecular complexity index is 784. The molecule has 1 N–H and O–H groups in total. The topological polar surface area (TPSA) is 37.8 Å². The van der Waals surface area contributed by atoms with Crippen LogP contribution >= 0.6 is 22.9 Å². The number of fused-ring (bicyclic) bond motifs is 1. The lowest BCUT2D eigenvalue weighted by molar-refractivity contribution is 0.750. The van der Waals surface area contributed by atoms with E-state index in [0.29, 0.717) is 11.1 Å². The van der Waals surface area contributed by atoms with E-state index in [2.05, 4.69) is 38.2 Å². The van der Waals surface area contributed by atoms with Crippen molar-refractivity contribution in [3.8, 4) is 11.1 Å². The Morgan fingerprint density at radius 1 is 1.23 bits per heavy atom. The first-order valence-electron chi connectivity index (χ1n) is 7.17. The van der Waals surface area contributed by atoms with E-state index in [-0.39, 0.29) is 0 Å². The number of thiophene rings is 1. The number of halogens is 1. The number of anilines is 1. The molecule has 3 aromatic heterocycles. The van der Waals surface area contributed by atoms with Crippen LogP contribution in [0.2, 0.25) is 5.15 Å². The highest BCUT2D eigenvalue weighted by atomic mass is 35.5. The molecule has 0 aromatic carbocycles. The fourth-order valence-electron chi connectivity index (χ4n) is 3.00. The zero-order valence-corrected chi connectivity index (χ0v) is 13.4. The molecule has 22 heavy (non-hydrogen) atoms. The zero-order valence-electron chi connectivity index (χ0n) is 11.8. The summed E-state index contributed by atoms with van der Waals surface area (Å²) in [4.78, 5) is 8.67. The summed E-state index contributed by atoms with van der Waals surface area (Å²) in [6.07, 6.45) is 4.68. The molecule has 0 bridgehead atoms. The highest BCUT2D eigenvalue weighted by Crippen LogP contribution is 2.40. The Kier molecular flexibility index (Phi) is 3.56. The lowest BCUT2D eigenvalue weighted by atomic mass is 9.90. The molecule has 5 heteroatoms. The van der Waals surface area contributed by atoms with Crippen LogP contribution in [-0.2, 0) is 6.42 Å². The van der Waals surface area contributed by atoms with Gasteiger partial charge in [0.05, 0.1) is 0 Å². The number of nitrogens with zero attached hydrogens (tertiary/aromatic N) is 2. The van der Waals surface area contributed by atoms with Gasteiger partial charge in [-0.3, -0.25) is 0 Å². The molecule has 0 spiro atoms. The normalized spacial score (nSPS) is 16.3. The van der Waals surface area contributed by atoms with E-state index in [1.165, 1.54) is 22.3 Å². The number of aromatic nitrogens is 2. The lowest BCUT2D eigenvalue weighted by Crippen LogP contribution is -2.06. The molecule has 0 saturated heterocycles. The largest absolute Gasteiger partial charge is 0.369 e. The summed E-state index contributed by atoms with van der Waals surface area (Å²) in [5.74, 6) is 1.41. The summed E-state index contributed by atoms with van der Waals surface area (Å²) in [5.41, 5.74) is 5.06. The third kappa shape index (κ3) is 2.49. The summed E-state index contributed by atoms with van der Waals surface area (Å²) in [7, 11) is 0. The standard InChI is InChI=1S/C17H14ClN3S/c18-15-2-1-11(8-20-15)7-13-9-21-17-16(13)14(3-5-19-17)12-4-6-22-10-12/h1-6,8,10,13H,7,9H2,(H,19,21). The number of hydrogen-bond acceptors (Lipinski definition) is 4. The molecule has 0 amide bonds. The van der Waals surface area contributed by atoms with Gasteiger partial charge in [-0.05, 0) is 52.1 Å². The molecule has 0 radical (unpaired) electrons. The van der Waals surface area contributed by atoms with Gasteiger partial charge in [0.1, 0.15) is 11.0 Å². The third-order valence-electron chi connectivity index (χ3n) is 4.02. The van der Waals surface area contributed by atoms with Crippen molar-refractivity contribution in [3.05, 3.63) is 63.7 Å². The van der Waals surface area contributed by atoms with Crippen molar-refractivity contribution in [1.82, 2.24) is 9.97 Å². The van der Waals surface area contributed by atoms with Crippen LogP contribution in [0.4, 0.5) is 5.82 Å². The van der Waals surface area contributed by atoms with E-state index < -0.39 is 0 Å². The second-order valence-electron chi connectivity index (χ2n) is 5.40. The summed E-state index contributed by atoms with van der Waals surface area (Å²) < 4.78 is 0. The van der Waals surface area contributed by atoms with E-state index >= 15 is 0 Å². The number of rotatable bonds is 3. The van der Waals surface area contributed by atoms with Gasteiger partial charge in [0.25, 0.3) is 0 Å². The summed E-state index contributed by atoms with van der Waals surface area (Å²) in [6, 6.07) is 8.18. The van der Waals surface area contributed by atoms with Crippen molar-refractivity contribution >= 4 is 28.8 Å². The van der Waals surface area contributed by atoms with Gasteiger partial charge >= 0.3 is 0 Å². The van der Waals surface area contributed by atoms with Gasteiger partial charge < -0.3 is 5.32 Å². The van der Waals surface area contributed by atoms with Gasteiger partial charge in [0.15, 0.2) is 0 Å². The molecule has 1 aliphatic heterocycles. The van der Waals surface area contributed by atoms with E-state index in [4.69, 9.17) is 11.6 Å². The van der Waals surface area contributed by atoms with E-state index in [1.54, 1.807) is 11.3 Å². The quantitative estimate of drug-likeness (QED) is 0.714. The van der Waals surface area contributed by atoms with Crippen LogP contribution in [0.5, 0.6) is 0 Å². The average molecular weight is 328 g/mol. The Morgan fingerprint density at radius 2 is 2.18 bits per heavy atom. The van der Waals surface area contributed by atoms with Gasteiger partial charge in [0.2, 0.25) is 0 Å². The van der Waals surface area contributed by atoms with Crippen LogP contribution in [0, 0.1) is 0 Å². The second kappa shape index (κ2) is 5.71. The van der Waals surface area contributed by atoms with Crippen LogP contribution in [-0.4, -0.2) is 16.5 Å². The van der Waals surface area contributed by atoms with Crippen LogP contribution in [0.25, 0.3) is 11.1 Å². The highest BCUT2D eigenvalue weighted by Gasteiger charge is 2.27. The third-order valence-corrected chi connectivity index (χ3v) is 4.92. The molecule has 0 aliphatic carbocycles. The number of pyridine rings is 2. The Morgan fingerprint density at radius 3 is 2.95 bits per heavy atom. The number of nitrogens with one attached hydrogen (secondary N) is 1. The fraction of sp³-hybridized carbons (Fsp3) is 0.176. The molecular formula is C17H14ClN3S. The van der Waals surface area contributed by atoms with Crippen molar-refractivity contribution in [3.63, 3.8) is 0 Å². The highest BCUT2D eigenvalue weighted by molar-refractivity contribution is 7.08. The molecule has 1 unspecified atom stereocenters. The maximum Gasteiger partial charge on any atom is 0.130 e. The molecule has 4 rings (SSSR count). The molecule has 3 nitrogen and oxygen atoms in total. The van der Waals surface area contributed by atoms with Gasteiger partial charge in [-0.1, -0.05) is 17.7 Å². The predicted octanol–water partition coefficient (Wildman–Crippen LogP) is 4.61. The van der Waals surface area contributed by atoms with Gasteiger partial charge in [0, 0.05) is 30.4 Å². The van der Waals surface area contributed by atoms with Crippen molar-refractivity contribution in [1.29, 1.82) is 0 Å². The lowest BCUT2D eigenvalue weighted by Gasteiger charge is -2.13. The zero-order chi connectivity index (χ0) is 14.9. The van der Waals surface area contributed by atoms with E-state index in [0.717, 1.165) is 18.8 Å². The molecule has 3 aromatic rings. The van der Waals surface area contributed by atoms with Crippen molar-refractivity contribution in [2.45, 2.75) is 12.3 Å². The fourth-order valence-corrected chi connectivity index (χ4v) is 3.77. The molecule has 0 saturated carbocycles. The van der Waals surface area contributed by atoms with Gasteiger partial charge in [-0.2, -0.15) is 11.3 Å². The summed E-state index contributed by atoms with van der Waals surface area (Å²) >= 11 is 7.59. The molecule has 4 heterocycles. The Labute approximate surface area is 138 Å².